The van der Waals surface area contributed by atoms with Gasteiger partial charge in [-0.2, -0.15) is 0 Å². The minimum absolute atomic E-state index is 0.0315. The second-order valence-electron chi connectivity index (χ2n) is 4.43. The fourth-order valence-corrected chi connectivity index (χ4v) is 2.71. The summed E-state index contributed by atoms with van der Waals surface area (Å²) in [5, 5.41) is 15.8. The van der Waals surface area contributed by atoms with Crippen LogP contribution in [0.1, 0.15) is 30.2 Å². The molecule has 0 unspecified atom stereocenters. The second-order valence-corrected chi connectivity index (χ2v) is 5.47. The SMILES string of the molecule is CC(C)n1c(Sc2ccc(N)c(C(=O)O)c2)n[nH]c1=O. The fourth-order valence-electron chi connectivity index (χ4n) is 1.71. The summed E-state index contributed by atoms with van der Waals surface area (Å²) in [4.78, 5) is 23.3. The van der Waals surface area contributed by atoms with Crippen LogP contribution in [0.2, 0.25) is 0 Å². The van der Waals surface area contributed by atoms with E-state index in [-0.39, 0.29) is 23.0 Å². The smallest absolute Gasteiger partial charge is 0.344 e. The lowest BCUT2D eigenvalue weighted by Crippen LogP contribution is -2.19. The van der Waals surface area contributed by atoms with Crippen LogP contribution < -0.4 is 11.4 Å². The van der Waals surface area contributed by atoms with E-state index in [4.69, 9.17) is 10.8 Å². The highest BCUT2D eigenvalue weighted by Crippen LogP contribution is 2.29. The molecule has 0 aliphatic carbocycles. The number of anilines is 1. The Kier molecular flexibility index (Phi) is 3.84. The Morgan fingerprint density at radius 3 is 2.80 bits per heavy atom. The molecule has 4 N–H and O–H groups in total. The third kappa shape index (κ3) is 2.69. The number of hydrogen-bond acceptors (Lipinski definition) is 5. The Morgan fingerprint density at radius 2 is 2.20 bits per heavy atom. The number of nitrogens with zero attached hydrogens (tertiary/aromatic N) is 2. The molecule has 1 aromatic heterocycles. The summed E-state index contributed by atoms with van der Waals surface area (Å²) in [6, 6.07) is 4.63. The van der Waals surface area contributed by atoms with Crippen LogP contribution in [0.4, 0.5) is 5.69 Å². The standard InChI is InChI=1S/C12H14N4O3S/c1-6(2)16-11(19)14-15-12(16)20-7-3-4-9(13)8(5-7)10(17)18/h3-6H,13H2,1-2H3,(H,14,19)(H,17,18). The fraction of sp³-hybridized carbons (Fsp3) is 0.250. The highest BCUT2D eigenvalue weighted by atomic mass is 32.2. The molecule has 0 spiro atoms. The molecule has 0 saturated heterocycles. The monoisotopic (exact) mass is 294 g/mol. The normalized spacial score (nSPS) is 10.9. The number of aromatic nitrogens is 3. The van der Waals surface area contributed by atoms with E-state index in [0.717, 1.165) is 0 Å². The topological polar surface area (TPSA) is 114 Å². The van der Waals surface area contributed by atoms with Crippen molar-refractivity contribution in [3.8, 4) is 0 Å². The lowest BCUT2D eigenvalue weighted by Gasteiger charge is -2.09. The molecule has 0 fully saturated rings. The molecule has 0 amide bonds. The zero-order valence-electron chi connectivity index (χ0n) is 11.0. The lowest BCUT2D eigenvalue weighted by molar-refractivity contribution is 0.0698. The van der Waals surface area contributed by atoms with Crippen molar-refractivity contribution in [2.45, 2.75) is 29.9 Å². The van der Waals surface area contributed by atoms with Crippen LogP contribution in [0.25, 0.3) is 0 Å². The number of nitrogen functional groups attached to an aromatic ring is 1. The van der Waals surface area contributed by atoms with E-state index in [1.165, 1.54) is 28.5 Å². The molecule has 20 heavy (non-hydrogen) atoms. The van der Waals surface area contributed by atoms with Crippen molar-refractivity contribution in [1.82, 2.24) is 14.8 Å². The zero-order chi connectivity index (χ0) is 14.9. The number of hydrogen-bond donors (Lipinski definition) is 3. The summed E-state index contributed by atoms with van der Waals surface area (Å²) in [5.74, 6) is -1.09. The highest BCUT2D eigenvalue weighted by molar-refractivity contribution is 7.99. The van der Waals surface area contributed by atoms with E-state index in [1.807, 2.05) is 13.8 Å². The van der Waals surface area contributed by atoms with Gasteiger partial charge in [0.2, 0.25) is 0 Å². The molecule has 1 heterocycles. The van der Waals surface area contributed by atoms with Gasteiger partial charge in [-0.25, -0.2) is 14.7 Å². The van der Waals surface area contributed by atoms with Gasteiger partial charge in [-0.3, -0.25) is 4.57 Å². The summed E-state index contributed by atoms with van der Waals surface area (Å²) in [6.45, 7) is 3.74. The van der Waals surface area contributed by atoms with Gasteiger partial charge in [-0.15, -0.1) is 5.10 Å². The van der Waals surface area contributed by atoms with Gasteiger partial charge in [0, 0.05) is 16.6 Å². The van der Waals surface area contributed by atoms with Gasteiger partial charge in [0.25, 0.3) is 0 Å². The number of carboxylic acid groups (broad SMARTS) is 1. The number of carbonyl (C=O) groups is 1. The number of rotatable bonds is 4. The summed E-state index contributed by atoms with van der Waals surface area (Å²) < 4.78 is 1.50. The van der Waals surface area contributed by atoms with Crippen molar-refractivity contribution >= 4 is 23.4 Å². The van der Waals surface area contributed by atoms with Gasteiger partial charge in [0.1, 0.15) is 0 Å². The van der Waals surface area contributed by atoms with Gasteiger partial charge < -0.3 is 10.8 Å². The Hall–Kier alpha value is -2.22. The predicted octanol–water partition coefficient (Wildman–Crippen LogP) is 1.58. The molecular weight excluding hydrogens is 280 g/mol. The molecule has 7 nitrogen and oxygen atoms in total. The van der Waals surface area contributed by atoms with Crippen molar-refractivity contribution in [2.75, 3.05) is 5.73 Å². The number of nitrogens with two attached hydrogens (primary N) is 1. The van der Waals surface area contributed by atoms with Gasteiger partial charge >= 0.3 is 11.7 Å². The number of nitrogens with one attached hydrogen (secondary N) is 1. The van der Waals surface area contributed by atoms with Crippen molar-refractivity contribution in [2.24, 2.45) is 0 Å². The van der Waals surface area contributed by atoms with Crippen molar-refractivity contribution < 1.29 is 9.90 Å². The van der Waals surface area contributed by atoms with E-state index in [9.17, 15) is 9.59 Å². The van der Waals surface area contributed by atoms with Crippen LogP contribution in [0, 0.1) is 0 Å². The first-order chi connectivity index (χ1) is 9.40. The molecular formula is C12H14N4O3S. The van der Waals surface area contributed by atoms with Crippen LogP contribution in [-0.2, 0) is 0 Å². The second kappa shape index (κ2) is 5.41. The maximum Gasteiger partial charge on any atom is 0.344 e. The van der Waals surface area contributed by atoms with Crippen LogP contribution in [0.3, 0.4) is 0 Å². The number of carboxylic acids is 1. The van der Waals surface area contributed by atoms with E-state index in [1.54, 1.807) is 6.07 Å². The third-order valence-electron chi connectivity index (χ3n) is 2.65. The Morgan fingerprint density at radius 1 is 1.50 bits per heavy atom. The molecule has 0 aliphatic rings. The van der Waals surface area contributed by atoms with Crippen molar-refractivity contribution in [3.05, 3.63) is 34.2 Å². The zero-order valence-corrected chi connectivity index (χ0v) is 11.8. The molecule has 0 atom stereocenters. The molecule has 0 radical (unpaired) electrons. The maximum atomic E-state index is 11.6. The van der Waals surface area contributed by atoms with E-state index >= 15 is 0 Å². The van der Waals surface area contributed by atoms with Gasteiger partial charge in [0.05, 0.1) is 5.56 Å². The maximum absolute atomic E-state index is 11.6. The minimum atomic E-state index is -1.09. The molecule has 2 aromatic rings. The largest absolute Gasteiger partial charge is 0.478 e. The van der Waals surface area contributed by atoms with E-state index < -0.39 is 5.97 Å². The first-order valence-electron chi connectivity index (χ1n) is 5.87. The molecule has 0 saturated carbocycles. The van der Waals surface area contributed by atoms with Crippen LogP contribution in [0.15, 0.2) is 33.0 Å². The number of aromatic amines is 1. The Bertz CT molecular complexity index is 705. The highest BCUT2D eigenvalue weighted by Gasteiger charge is 2.14. The van der Waals surface area contributed by atoms with Crippen molar-refractivity contribution in [3.63, 3.8) is 0 Å². The Labute approximate surface area is 118 Å². The van der Waals surface area contributed by atoms with Gasteiger partial charge in [-0.1, -0.05) is 0 Å². The molecule has 106 valence electrons. The van der Waals surface area contributed by atoms with Gasteiger partial charge in [0.15, 0.2) is 5.16 Å². The lowest BCUT2D eigenvalue weighted by atomic mass is 10.2. The first-order valence-corrected chi connectivity index (χ1v) is 6.69. The van der Waals surface area contributed by atoms with Crippen LogP contribution >= 0.6 is 11.8 Å². The van der Waals surface area contributed by atoms with Crippen molar-refractivity contribution in [1.29, 1.82) is 0 Å². The molecule has 0 bridgehead atoms. The molecule has 1 aromatic carbocycles. The quantitative estimate of drug-likeness (QED) is 0.738. The van der Waals surface area contributed by atoms with E-state index in [2.05, 4.69) is 10.2 Å². The average Bonchev–Trinajstić information content (AvgIpc) is 2.72. The third-order valence-corrected chi connectivity index (χ3v) is 3.61. The average molecular weight is 294 g/mol. The summed E-state index contributed by atoms with van der Waals surface area (Å²) in [6.07, 6.45) is 0. The number of H-pyrrole nitrogens is 1. The van der Waals surface area contributed by atoms with E-state index in [0.29, 0.717) is 10.1 Å². The predicted molar refractivity (Wildman–Crippen MR) is 75.2 cm³/mol. The van der Waals surface area contributed by atoms with Crippen LogP contribution in [-0.4, -0.2) is 25.8 Å². The number of aromatic carboxylic acids is 1. The molecule has 8 heteroatoms. The minimum Gasteiger partial charge on any atom is -0.478 e. The summed E-state index contributed by atoms with van der Waals surface area (Å²) in [7, 11) is 0. The summed E-state index contributed by atoms with van der Waals surface area (Å²) >= 11 is 1.21. The van der Waals surface area contributed by atoms with Crippen LogP contribution in [0.5, 0.6) is 0 Å². The summed E-state index contributed by atoms with van der Waals surface area (Å²) in [5.41, 5.74) is 5.53. The number of benzene rings is 1. The molecule has 0 aliphatic heterocycles. The van der Waals surface area contributed by atoms with Gasteiger partial charge in [-0.05, 0) is 43.8 Å². The molecule has 2 rings (SSSR count). The Balaban J connectivity index is 2.38. The first kappa shape index (κ1) is 14.2.